The highest BCUT2D eigenvalue weighted by atomic mass is 14.9. The highest BCUT2D eigenvalue weighted by molar-refractivity contribution is 5.46. The van der Waals surface area contributed by atoms with Crippen LogP contribution in [0.1, 0.15) is 37.6 Å². The predicted molar refractivity (Wildman–Crippen MR) is 74.5 cm³/mol. The van der Waals surface area contributed by atoms with Gasteiger partial charge in [-0.15, -0.1) is 0 Å². The second kappa shape index (κ2) is 6.15. The molecule has 0 saturated carbocycles. The number of anilines is 1. The Balaban J connectivity index is 2.01. The van der Waals surface area contributed by atoms with E-state index in [1.807, 2.05) is 0 Å². The van der Waals surface area contributed by atoms with Crippen LogP contribution in [0, 0.1) is 0 Å². The van der Waals surface area contributed by atoms with Gasteiger partial charge in [-0.1, -0.05) is 25.5 Å². The lowest BCUT2D eigenvalue weighted by Crippen LogP contribution is -2.08. The van der Waals surface area contributed by atoms with Crippen molar-refractivity contribution < 1.29 is 0 Å². The number of nitrogens with zero attached hydrogens (tertiary/aromatic N) is 2. The van der Waals surface area contributed by atoms with E-state index in [0.717, 1.165) is 17.8 Å². The van der Waals surface area contributed by atoms with Gasteiger partial charge >= 0.3 is 0 Å². The molecule has 94 valence electrons. The summed E-state index contributed by atoms with van der Waals surface area (Å²) >= 11 is 0. The number of aromatic nitrogens is 2. The van der Waals surface area contributed by atoms with Gasteiger partial charge in [0.15, 0.2) is 0 Å². The maximum atomic E-state index is 4.30. The van der Waals surface area contributed by atoms with Crippen LogP contribution in [0.25, 0.3) is 0 Å². The van der Waals surface area contributed by atoms with E-state index in [1.54, 1.807) is 18.6 Å². The first-order valence-corrected chi connectivity index (χ1v) is 6.41. The van der Waals surface area contributed by atoms with Crippen molar-refractivity contribution in [1.29, 1.82) is 0 Å². The normalized spacial score (nSPS) is 12.1. The first kappa shape index (κ1) is 12.6. The largest absolute Gasteiger partial charge is 0.377 e. The molecule has 0 bridgehead atoms. The molecule has 1 atom stereocenters. The molecule has 3 nitrogen and oxygen atoms in total. The summed E-state index contributed by atoms with van der Waals surface area (Å²) in [5.74, 6) is 0. The van der Waals surface area contributed by atoms with Crippen molar-refractivity contribution in [3.63, 3.8) is 0 Å². The summed E-state index contributed by atoms with van der Waals surface area (Å²) in [5.41, 5.74) is 3.46. The molecule has 0 aliphatic carbocycles. The minimum atomic E-state index is 0.163. The van der Waals surface area contributed by atoms with Gasteiger partial charge in [0, 0.05) is 18.1 Å². The maximum absolute atomic E-state index is 4.30. The Kier molecular flexibility index (Phi) is 4.29. The lowest BCUT2D eigenvalue weighted by atomic mass is 10.1. The van der Waals surface area contributed by atoms with Crippen molar-refractivity contribution in [2.75, 3.05) is 5.32 Å². The van der Waals surface area contributed by atoms with Crippen molar-refractivity contribution in [3.8, 4) is 0 Å². The van der Waals surface area contributed by atoms with E-state index in [1.165, 1.54) is 12.0 Å². The molecule has 0 saturated heterocycles. The third kappa shape index (κ3) is 3.29. The molecule has 1 heterocycles. The number of hydrogen-bond donors (Lipinski definition) is 1. The summed E-state index contributed by atoms with van der Waals surface area (Å²) in [6.07, 6.45) is 7.53. The van der Waals surface area contributed by atoms with Gasteiger partial charge in [0.25, 0.3) is 0 Å². The second-order valence-corrected chi connectivity index (χ2v) is 4.44. The topological polar surface area (TPSA) is 37.8 Å². The smallest absolute Gasteiger partial charge is 0.0806 e. The third-order valence-corrected chi connectivity index (χ3v) is 2.90. The molecule has 0 amide bonds. The summed E-state index contributed by atoms with van der Waals surface area (Å²) in [7, 11) is 0. The molecule has 0 fully saturated rings. The van der Waals surface area contributed by atoms with Crippen LogP contribution in [0.15, 0.2) is 42.9 Å². The molecule has 0 radical (unpaired) electrons. The molecule has 1 unspecified atom stereocenters. The third-order valence-electron chi connectivity index (χ3n) is 2.90. The Labute approximate surface area is 108 Å². The summed E-state index contributed by atoms with van der Waals surface area (Å²) in [6, 6.07) is 8.76. The van der Waals surface area contributed by atoms with E-state index in [2.05, 4.69) is 53.4 Å². The molecule has 0 spiro atoms. The van der Waals surface area contributed by atoms with Gasteiger partial charge in [0.1, 0.15) is 0 Å². The molecule has 3 heteroatoms. The Hall–Kier alpha value is -1.90. The minimum absolute atomic E-state index is 0.163. The molecule has 1 aromatic heterocycles. The van der Waals surface area contributed by atoms with Crippen LogP contribution < -0.4 is 5.32 Å². The molecule has 1 N–H and O–H groups in total. The zero-order chi connectivity index (χ0) is 12.8. The van der Waals surface area contributed by atoms with Crippen LogP contribution in [0.2, 0.25) is 0 Å². The van der Waals surface area contributed by atoms with Crippen molar-refractivity contribution in [1.82, 2.24) is 9.97 Å². The molecular weight excluding hydrogens is 222 g/mol. The lowest BCUT2D eigenvalue weighted by molar-refractivity contribution is 0.827. The fourth-order valence-corrected chi connectivity index (χ4v) is 1.91. The molecule has 18 heavy (non-hydrogen) atoms. The summed E-state index contributed by atoms with van der Waals surface area (Å²) in [4.78, 5) is 8.38. The Morgan fingerprint density at radius 1 is 1.17 bits per heavy atom. The fourth-order valence-electron chi connectivity index (χ4n) is 1.91. The summed E-state index contributed by atoms with van der Waals surface area (Å²) in [6.45, 7) is 4.28. The van der Waals surface area contributed by atoms with Gasteiger partial charge in [0.05, 0.1) is 17.9 Å². The lowest BCUT2D eigenvalue weighted by Gasteiger charge is -2.14. The van der Waals surface area contributed by atoms with Crippen LogP contribution >= 0.6 is 0 Å². The summed E-state index contributed by atoms with van der Waals surface area (Å²) < 4.78 is 0. The standard InChI is InChI=1S/C15H19N3/c1-3-4-13-5-7-14(8-6-13)18-12(2)15-11-16-9-10-17-15/h5-12,18H,3-4H2,1-2H3. The number of aryl methyl sites for hydroxylation is 1. The Bertz CT molecular complexity index is 465. The number of benzene rings is 1. The quantitative estimate of drug-likeness (QED) is 0.869. The van der Waals surface area contributed by atoms with Gasteiger partial charge in [0.2, 0.25) is 0 Å². The van der Waals surface area contributed by atoms with Crippen molar-refractivity contribution in [2.45, 2.75) is 32.7 Å². The van der Waals surface area contributed by atoms with Gasteiger partial charge in [-0.25, -0.2) is 0 Å². The number of hydrogen-bond acceptors (Lipinski definition) is 3. The molecule has 2 aromatic rings. The zero-order valence-corrected chi connectivity index (χ0v) is 10.9. The van der Waals surface area contributed by atoms with E-state index in [9.17, 15) is 0 Å². The van der Waals surface area contributed by atoms with Crippen molar-refractivity contribution in [3.05, 3.63) is 54.1 Å². The van der Waals surface area contributed by atoms with Gasteiger partial charge in [-0.2, -0.15) is 0 Å². The van der Waals surface area contributed by atoms with Crippen molar-refractivity contribution >= 4 is 5.69 Å². The van der Waals surface area contributed by atoms with Gasteiger partial charge in [-0.05, 0) is 31.0 Å². The van der Waals surface area contributed by atoms with Crippen LogP contribution in [0.4, 0.5) is 5.69 Å². The van der Waals surface area contributed by atoms with Crippen LogP contribution in [0.3, 0.4) is 0 Å². The van der Waals surface area contributed by atoms with Gasteiger partial charge in [-0.3, -0.25) is 9.97 Å². The molecule has 0 aliphatic rings. The number of nitrogens with one attached hydrogen (secondary N) is 1. The molecule has 2 rings (SSSR count). The van der Waals surface area contributed by atoms with E-state index in [0.29, 0.717) is 0 Å². The second-order valence-electron chi connectivity index (χ2n) is 4.44. The SMILES string of the molecule is CCCc1ccc(NC(C)c2cnccn2)cc1. The average Bonchev–Trinajstić information content (AvgIpc) is 2.42. The van der Waals surface area contributed by atoms with Crippen LogP contribution in [0.5, 0.6) is 0 Å². The molecule has 0 aliphatic heterocycles. The van der Waals surface area contributed by atoms with E-state index in [-0.39, 0.29) is 6.04 Å². The fraction of sp³-hybridized carbons (Fsp3) is 0.333. The number of rotatable bonds is 5. The van der Waals surface area contributed by atoms with Gasteiger partial charge < -0.3 is 5.32 Å². The van der Waals surface area contributed by atoms with E-state index >= 15 is 0 Å². The van der Waals surface area contributed by atoms with E-state index in [4.69, 9.17) is 0 Å². The van der Waals surface area contributed by atoms with Crippen LogP contribution in [-0.2, 0) is 6.42 Å². The Morgan fingerprint density at radius 3 is 2.56 bits per heavy atom. The first-order valence-electron chi connectivity index (χ1n) is 6.41. The first-order chi connectivity index (χ1) is 8.79. The maximum Gasteiger partial charge on any atom is 0.0806 e. The monoisotopic (exact) mass is 241 g/mol. The Morgan fingerprint density at radius 2 is 1.94 bits per heavy atom. The molecular formula is C15H19N3. The highest BCUT2D eigenvalue weighted by Crippen LogP contribution is 2.17. The van der Waals surface area contributed by atoms with Crippen LogP contribution in [-0.4, -0.2) is 9.97 Å². The highest BCUT2D eigenvalue weighted by Gasteiger charge is 2.06. The average molecular weight is 241 g/mol. The van der Waals surface area contributed by atoms with E-state index < -0.39 is 0 Å². The van der Waals surface area contributed by atoms with Crippen molar-refractivity contribution in [2.24, 2.45) is 0 Å². The molecule has 1 aromatic carbocycles. The minimum Gasteiger partial charge on any atom is -0.377 e. The predicted octanol–water partition coefficient (Wildman–Crippen LogP) is 3.60. The summed E-state index contributed by atoms with van der Waals surface area (Å²) in [5, 5.41) is 3.42. The zero-order valence-electron chi connectivity index (χ0n) is 10.9.